The number of aryl methyl sites for hydroxylation is 2. The lowest BCUT2D eigenvalue weighted by atomic mass is 10.0. The third kappa shape index (κ3) is 2.73. The van der Waals surface area contributed by atoms with E-state index >= 15 is 0 Å². The maximum Gasteiger partial charge on any atom is 0.244 e. The smallest absolute Gasteiger partial charge is 0.244 e. The molecule has 0 aliphatic carbocycles. The lowest BCUT2D eigenvalue weighted by Gasteiger charge is -2.17. The number of benzene rings is 1. The summed E-state index contributed by atoms with van der Waals surface area (Å²) < 4.78 is 13.1. The molecular weight excluding hydrogens is 247 g/mol. The Bertz CT molecular complexity index is 589. The van der Waals surface area contributed by atoms with Crippen molar-refractivity contribution in [3.05, 3.63) is 47.0 Å². The standard InChI is InChI=1S/C13H15FN4O/c1-7-11(8(2)18-17-7)12(13(15)19)16-10-5-3-4-9(14)6-10/h3-6,12,16H,1-2H3,(H2,15,19)(H,17,18). The van der Waals surface area contributed by atoms with Crippen LogP contribution in [0.5, 0.6) is 0 Å². The fraction of sp³-hybridized carbons (Fsp3) is 0.231. The predicted molar refractivity (Wildman–Crippen MR) is 70.0 cm³/mol. The predicted octanol–water partition coefficient (Wildman–Crippen LogP) is 1.80. The molecule has 1 aromatic carbocycles. The second-order valence-corrected chi connectivity index (χ2v) is 4.34. The molecule has 6 heteroatoms. The number of nitrogens with zero attached hydrogens (tertiary/aromatic N) is 1. The minimum Gasteiger partial charge on any atom is -0.370 e. The number of carbonyl (C=O) groups is 1. The monoisotopic (exact) mass is 262 g/mol. The first-order valence-corrected chi connectivity index (χ1v) is 5.82. The highest BCUT2D eigenvalue weighted by Gasteiger charge is 2.23. The largest absolute Gasteiger partial charge is 0.370 e. The van der Waals surface area contributed by atoms with Crippen LogP contribution in [-0.4, -0.2) is 16.1 Å². The Labute approximate surface area is 110 Å². The van der Waals surface area contributed by atoms with Gasteiger partial charge in [0.15, 0.2) is 0 Å². The zero-order chi connectivity index (χ0) is 14.0. The molecule has 0 saturated heterocycles. The first-order valence-electron chi connectivity index (χ1n) is 5.82. The number of hydrogen-bond acceptors (Lipinski definition) is 3. The molecule has 1 amide bonds. The number of amides is 1. The third-order valence-electron chi connectivity index (χ3n) is 2.89. The van der Waals surface area contributed by atoms with Crippen LogP contribution in [0, 0.1) is 19.7 Å². The van der Waals surface area contributed by atoms with Crippen molar-refractivity contribution >= 4 is 11.6 Å². The van der Waals surface area contributed by atoms with Crippen LogP contribution in [0.4, 0.5) is 10.1 Å². The molecule has 0 bridgehead atoms. The first-order chi connectivity index (χ1) is 8.99. The highest BCUT2D eigenvalue weighted by molar-refractivity contribution is 5.85. The van der Waals surface area contributed by atoms with Gasteiger partial charge < -0.3 is 11.1 Å². The van der Waals surface area contributed by atoms with Gasteiger partial charge in [0.2, 0.25) is 5.91 Å². The highest BCUT2D eigenvalue weighted by Crippen LogP contribution is 2.24. The number of halogens is 1. The van der Waals surface area contributed by atoms with Crippen LogP contribution < -0.4 is 11.1 Å². The summed E-state index contributed by atoms with van der Waals surface area (Å²) in [6.07, 6.45) is 0. The lowest BCUT2D eigenvalue weighted by Crippen LogP contribution is -2.28. The van der Waals surface area contributed by atoms with Crippen LogP contribution in [0.3, 0.4) is 0 Å². The zero-order valence-corrected chi connectivity index (χ0v) is 10.7. The SMILES string of the molecule is Cc1n[nH]c(C)c1C(Nc1cccc(F)c1)C(N)=O. The summed E-state index contributed by atoms with van der Waals surface area (Å²) in [5.41, 5.74) is 8.04. The molecule has 2 aromatic rings. The Balaban J connectivity index is 2.35. The summed E-state index contributed by atoms with van der Waals surface area (Å²) in [6.45, 7) is 3.58. The highest BCUT2D eigenvalue weighted by atomic mass is 19.1. The quantitative estimate of drug-likeness (QED) is 0.785. The number of primary amides is 1. The minimum absolute atomic E-state index is 0.381. The Hall–Kier alpha value is -2.37. The molecule has 0 radical (unpaired) electrons. The number of anilines is 1. The molecule has 0 fully saturated rings. The molecule has 0 saturated carbocycles. The lowest BCUT2D eigenvalue weighted by molar-refractivity contribution is -0.118. The fourth-order valence-corrected chi connectivity index (χ4v) is 2.02. The molecular formula is C13H15FN4O. The number of hydrogen-bond donors (Lipinski definition) is 3. The second kappa shape index (κ2) is 5.09. The van der Waals surface area contributed by atoms with Gasteiger partial charge >= 0.3 is 0 Å². The van der Waals surface area contributed by atoms with Crippen molar-refractivity contribution in [2.45, 2.75) is 19.9 Å². The number of rotatable bonds is 4. The van der Waals surface area contributed by atoms with Crippen LogP contribution >= 0.6 is 0 Å². The van der Waals surface area contributed by atoms with E-state index in [-0.39, 0.29) is 5.82 Å². The summed E-state index contributed by atoms with van der Waals surface area (Å²) in [4.78, 5) is 11.6. The van der Waals surface area contributed by atoms with E-state index in [2.05, 4.69) is 15.5 Å². The van der Waals surface area contributed by atoms with Crippen LogP contribution in [0.1, 0.15) is 23.0 Å². The molecule has 0 aliphatic rings. The van der Waals surface area contributed by atoms with E-state index in [1.54, 1.807) is 26.0 Å². The summed E-state index contributed by atoms with van der Waals surface area (Å²) >= 11 is 0. The van der Waals surface area contributed by atoms with Gasteiger partial charge in [-0.15, -0.1) is 0 Å². The van der Waals surface area contributed by atoms with Crippen molar-refractivity contribution in [2.75, 3.05) is 5.32 Å². The molecule has 2 rings (SSSR count). The van der Waals surface area contributed by atoms with E-state index in [9.17, 15) is 9.18 Å². The molecule has 0 aliphatic heterocycles. The summed E-state index contributed by atoms with van der Waals surface area (Å²) in [5, 5.41) is 9.76. The van der Waals surface area contributed by atoms with Gasteiger partial charge in [-0.25, -0.2) is 4.39 Å². The molecule has 100 valence electrons. The van der Waals surface area contributed by atoms with E-state index < -0.39 is 11.9 Å². The topological polar surface area (TPSA) is 83.8 Å². The average Bonchev–Trinajstić information content (AvgIpc) is 2.66. The Morgan fingerprint density at radius 1 is 1.47 bits per heavy atom. The van der Waals surface area contributed by atoms with E-state index in [1.807, 2.05) is 0 Å². The third-order valence-corrected chi connectivity index (χ3v) is 2.89. The van der Waals surface area contributed by atoms with Crippen molar-refractivity contribution in [3.8, 4) is 0 Å². The van der Waals surface area contributed by atoms with Gasteiger partial charge in [-0.2, -0.15) is 5.10 Å². The van der Waals surface area contributed by atoms with E-state index in [1.165, 1.54) is 12.1 Å². The van der Waals surface area contributed by atoms with Gasteiger partial charge in [-0.05, 0) is 32.0 Å². The molecule has 1 atom stereocenters. The normalized spacial score (nSPS) is 12.2. The van der Waals surface area contributed by atoms with Gasteiger partial charge in [0.25, 0.3) is 0 Å². The maximum absolute atomic E-state index is 13.1. The molecule has 0 spiro atoms. The summed E-state index contributed by atoms with van der Waals surface area (Å²) in [6, 6.07) is 5.12. The van der Waals surface area contributed by atoms with E-state index in [0.717, 1.165) is 5.69 Å². The summed E-state index contributed by atoms with van der Waals surface area (Å²) in [5.74, 6) is -0.925. The van der Waals surface area contributed by atoms with Gasteiger partial charge in [0, 0.05) is 16.9 Å². The van der Waals surface area contributed by atoms with Gasteiger partial charge in [0.1, 0.15) is 11.9 Å². The maximum atomic E-state index is 13.1. The number of nitrogens with one attached hydrogen (secondary N) is 2. The zero-order valence-electron chi connectivity index (χ0n) is 10.7. The van der Waals surface area contributed by atoms with Crippen molar-refractivity contribution in [2.24, 2.45) is 5.73 Å². The molecule has 5 nitrogen and oxygen atoms in total. The van der Waals surface area contributed by atoms with Crippen LogP contribution in [0.25, 0.3) is 0 Å². The van der Waals surface area contributed by atoms with Crippen molar-refractivity contribution in [1.82, 2.24) is 10.2 Å². The Morgan fingerprint density at radius 3 is 2.74 bits per heavy atom. The number of aromatic nitrogens is 2. The molecule has 1 unspecified atom stereocenters. The van der Waals surface area contributed by atoms with Crippen LogP contribution in [-0.2, 0) is 4.79 Å². The second-order valence-electron chi connectivity index (χ2n) is 4.34. The average molecular weight is 262 g/mol. The number of H-pyrrole nitrogens is 1. The number of nitrogens with two attached hydrogens (primary N) is 1. The van der Waals surface area contributed by atoms with Gasteiger partial charge in [-0.1, -0.05) is 6.07 Å². The van der Waals surface area contributed by atoms with Crippen molar-refractivity contribution < 1.29 is 9.18 Å². The Morgan fingerprint density at radius 2 is 2.21 bits per heavy atom. The molecule has 19 heavy (non-hydrogen) atoms. The molecule has 1 heterocycles. The molecule has 1 aromatic heterocycles. The van der Waals surface area contributed by atoms with E-state index in [0.29, 0.717) is 16.9 Å². The molecule has 4 N–H and O–H groups in total. The van der Waals surface area contributed by atoms with Gasteiger partial charge in [-0.3, -0.25) is 9.89 Å². The fourth-order valence-electron chi connectivity index (χ4n) is 2.02. The number of aromatic amines is 1. The number of carbonyl (C=O) groups excluding carboxylic acids is 1. The Kier molecular flexibility index (Phi) is 3.50. The van der Waals surface area contributed by atoms with Crippen molar-refractivity contribution in [3.63, 3.8) is 0 Å². The summed E-state index contributed by atoms with van der Waals surface area (Å²) in [7, 11) is 0. The minimum atomic E-state index is -0.749. The van der Waals surface area contributed by atoms with Crippen LogP contribution in [0.2, 0.25) is 0 Å². The van der Waals surface area contributed by atoms with Gasteiger partial charge in [0.05, 0.1) is 5.69 Å². The first kappa shape index (κ1) is 13.1. The van der Waals surface area contributed by atoms with Crippen molar-refractivity contribution in [1.29, 1.82) is 0 Å². The van der Waals surface area contributed by atoms with Crippen LogP contribution in [0.15, 0.2) is 24.3 Å². The van der Waals surface area contributed by atoms with E-state index in [4.69, 9.17) is 5.73 Å².